The molecule has 0 aliphatic rings. The van der Waals surface area contributed by atoms with Gasteiger partial charge in [-0.3, -0.25) is 0 Å². The van der Waals surface area contributed by atoms with E-state index in [2.05, 4.69) is 26.3 Å². The predicted molar refractivity (Wildman–Crippen MR) is 72.7 cm³/mol. The van der Waals surface area contributed by atoms with E-state index < -0.39 is 0 Å². The van der Waals surface area contributed by atoms with Crippen molar-refractivity contribution in [1.29, 1.82) is 0 Å². The maximum atomic E-state index is 4.18. The van der Waals surface area contributed by atoms with Crippen LogP contribution in [-0.2, 0) is 0 Å². The lowest BCUT2D eigenvalue weighted by Gasteiger charge is -2.01. The summed E-state index contributed by atoms with van der Waals surface area (Å²) in [6, 6.07) is 10.1. The summed E-state index contributed by atoms with van der Waals surface area (Å²) in [6.45, 7) is 0. The van der Waals surface area contributed by atoms with Crippen molar-refractivity contribution in [2.24, 2.45) is 5.10 Å². The van der Waals surface area contributed by atoms with E-state index >= 15 is 0 Å². The quantitative estimate of drug-likeness (QED) is 0.549. The second-order valence-corrected chi connectivity index (χ2v) is 4.29. The highest BCUT2D eigenvalue weighted by molar-refractivity contribution is 6.06. The normalized spacial score (nSPS) is 11.7. The molecule has 0 saturated heterocycles. The number of hydrogen-bond acceptors (Lipinski definition) is 4. The van der Waals surface area contributed by atoms with Crippen molar-refractivity contribution in [2.45, 2.75) is 0 Å². The minimum Gasteiger partial charge on any atom is -0.338 e. The molecule has 0 aliphatic carbocycles. The first kappa shape index (κ1) is 10.7. The van der Waals surface area contributed by atoms with Crippen LogP contribution in [0.4, 0.5) is 0 Å². The number of nitrogens with one attached hydrogen (secondary N) is 1. The average Bonchev–Trinajstić information content (AvgIpc) is 2.74. The van der Waals surface area contributed by atoms with Gasteiger partial charge in [-0.2, -0.15) is 5.10 Å². The zero-order valence-corrected chi connectivity index (χ0v) is 10.3. The highest BCUT2D eigenvalue weighted by Crippen LogP contribution is 2.23. The van der Waals surface area contributed by atoms with Crippen molar-refractivity contribution in [1.82, 2.24) is 20.2 Å². The molecular weight excluding hydrogens is 226 g/mol. The number of para-hydroxylation sites is 1. The number of aromatic amines is 1. The molecule has 3 aromatic rings. The fraction of sp³-hybridized carbons (Fsp3) is 0.154. The van der Waals surface area contributed by atoms with Gasteiger partial charge in [-0.15, -0.1) is 10.2 Å². The number of H-pyrrole nitrogens is 1. The summed E-state index contributed by atoms with van der Waals surface area (Å²) in [7, 11) is 3.74. The standard InChI is InChI=1S/C13H13N5/c1-18(2)14-8-9-7-11-10-5-3-4-6-12(10)15-13(11)17-16-9/h3-8H,1-2H3,(H,15,17)/b14-8+. The molecule has 0 spiro atoms. The summed E-state index contributed by atoms with van der Waals surface area (Å²) >= 11 is 0. The van der Waals surface area contributed by atoms with Crippen molar-refractivity contribution in [3.63, 3.8) is 0 Å². The molecule has 0 aliphatic heterocycles. The second-order valence-electron chi connectivity index (χ2n) is 4.29. The van der Waals surface area contributed by atoms with Crippen molar-refractivity contribution < 1.29 is 0 Å². The van der Waals surface area contributed by atoms with E-state index in [1.165, 1.54) is 0 Å². The van der Waals surface area contributed by atoms with E-state index in [4.69, 9.17) is 0 Å². The van der Waals surface area contributed by atoms with Crippen LogP contribution in [0.2, 0.25) is 0 Å². The summed E-state index contributed by atoms with van der Waals surface area (Å²) < 4.78 is 0. The van der Waals surface area contributed by atoms with E-state index in [9.17, 15) is 0 Å². The molecule has 1 aromatic carbocycles. The Hall–Kier alpha value is -2.43. The van der Waals surface area contributed by atoms with Gasteiger partial charge in [0, 0.05) is 30.4 Å². The van der Waals surface area contributed by atoms with Gasteiger partial charge in [0.2, 0.25) is 0 Å². The van der Waals surface area contributed by atoms with Gasteiger partial charge in [-0.05, 0) is 12.1 Å². The van der Waals surface area contributed by atoms with Crippen LogP contribution in [0, 0.1) is 0 Å². The molecule has 0 saturated carbocycles. The van der Waals surface area contributed by atoms with Crippen LogP contribution in [0.5, 0.6) is 0 Å². The predicted octanol–water partition coefficient (Wildman–Crippen LogP) is 2.01. The van der Waals surface area contributed by atoms with Crippen LogP contribution in [0.25, 0.3) is 21.9 Å². The van der Waals surface area contributed by atoms with Crippen molar-refractivity contribution in [2.75, 3.05) is 14.1 Å². The lowest BCUT2D eigenvalue weighted by Crippen LogP contribution is -2.03. The van der Waals surface area contributed by atoms with Crippen molar-refractivity contribution >= 4 is 28.2 Å². The van der Waals surface area contributed by atoms with Gasteiger partial charge in [0.15, 0.2) is 5.65 Å². The summed E-state index contributed by atoms with van der Waals surface area (Å²) in [5.41, 5.74) is 2.63. The summed E-state index contributed by atoms with van der Waals surface area (Å²) in [5, 5.41) is 16.4. The maximum Gasteiger partial charge on any atom is 0.161 e. The monoisotopic (exact) mass is 239 g/mol. The SMILES string of the molecule is CN(C)/N=C/c1cc2c(nn1)[nH]c1ccccc12. The first-order valence-electron chi connectivity index (χ1n) is 5.69. The Kier molecular flexibility index (Phi) is 2.44. The third kappa shape index (κ3) is 1.79. The third-order valence-corrected chi connectivity index (χ3v) is 2.70. The van der Waals surface area contributed by atoms with Crippen molar-refractivity contribution in [3.8, 4) is 0 Å². The number of hydrazone groups is 1. The molecule has 0 amide bonds. The summed E-state index contributed by atoms with van der Waals surface area (Å²) in [6.07, 6.45) is 1.70. The van der Waals surface area contributed by atoms with Gasteiger partial charge in [0.25, 0.3) is 0 Å². The van der Waals surface area contributed by atoms with E-state index in [1.54, 1.807) is 11.2 Å². The molecule has 18 heavy (non-hydrogen) atoms. The molecule has 5 heteroatoms. The number of hydrogen-bond donors (Lipinski definition) is 1. The molecule has 2 aromatic heterocycles. The molecule has 90 valence electrons. The minimum atomic E-state index is 0.751. The zero-order chi connectivity index (χ0) is 12.5. The largest absolute Gasteiger partial charge is 0.338 e. The lowest BCUT2D eigenvalue weighted by atomic mass is 10.2. The molecule has 0 fully saturated rings. The Balaban J connectivity index is 2.18. The van der Waals surface area contributed by atoms with Gasteiger partial charge in [0.05, 0.1) is 6.21 Å². The molecule has 2 heterocycles. The van der Waals surface area contributed by atoms with Crippen molar-refractivity contribution in [3.05, 3.63) is 36.0 Å². The van der Waals surface area contributed by atoms with Crippen LogP contribution in [-0.4, -0.2) is 40.5 Å². The average molecular weight is 239 g/mol. The maximum absolute atomic E-state index is 4.18. The van der Waals surface area contributed by atoms with Gasteiger partial charge >= 0.3 is 0 Å². The first-order chi connectivity index (χ1) is 8.74. The van der Waals surface area contributed by atoms with E-state index in [0.29, 0.717) is 0 Å². The summed E-state index contributed by atoms with van der Waals surface area (Å²) in [4.78, 5) is 3.24. The Morgan fingerprint density at radius 2 is 2.00 bits per heavy atom. The van der Waals surface area contributed by atoms with Crippen LogP contribution in [0.3, 0.4) is 0 Å². The fourth-order valence-corrected chi connectivity index (χ4v) is 1.90. The number of nitrogens with zero attached hydrogens (tertiary/aromatic N) is 4. The smallest absolute Gasteiger partial charge is 0.161 e. The summed E-state index contributed by atoms with van der Waals surface area (Å²) in [5.74, 6) is 0. The molecular formula is C13H13N5. The number of benzene rings is 1. The van der Waals surface area contributed by atoms with Crippen LogP contribution in [0.15, 0.2) is 35.4 Å². The zero-order valence-electron chi connectivity index (χ0n) is 10.3. The fourth-order valence-electron chi connectivity index (χ4n) is 1.90. The van der Waals surface area contributed by atoms with Crippen LogP contribution >= 0.6 is 0 Å². The molecule has 1 N–H and O–H groups in total. The molecule has 0 atom stereocenters. The van der Waals surface area contributed by atoms with E-state index in [0.717, 1.165) is 27.6 Å². The Labute approximate surface area is 104 Å². The van der Waals surface area contributed by atoms with E-state index in [1.807, 2.05) is 38.4 Å². The number of rotatable bonds is 2. The second kappa shape index (κ2) is 4.10. The topological polar surface area (TPSA) is 57.2 Å². The molecule has 0 radical (unpaired) electrons. The molecule has 5 nitrogen and oxygen atoms in total. The molecule has 3 rings (SSSR count). The Bertz CT molecular complexity index is 726. The third-order valence-electron chi connectivity index (χ3n) is 2.70. The Morgan fingerprint density at radius 1 is 1.17 bits per heavy atom. The van der Waals surface area contributed by atoms with Gasteiger partial charge < -0.3 is 9.99 Å². The first-order valence-corrected chi connectivity index (χ1v) is 5.69. The minimum absolute atomic E-state index is 0.751. The van der Waals surface area contributed by atoms with E-state index in [-0.39, 0.29) is 0 Å². The molecule has 0 bridgehead atoms. The lowest BCUT2D eigenvalue weighted by molar-refractivity contribution is 0.440. The number of aromatic nitrogens is 3. The van der Waals surface area contributed by atoms with Crippen LogP contribution < -0.4 is 0 Å². The highest BCUT2D eigenvalue weighted by Gasteiger charge is 2.05. The van der Waals surface area contributed by atoms with Crippen LogP contribution in [0.1, 0.15) is 5.69 Å². The Morgan fingerprint density at radius 3 is 2.83 bits per heavy atom. The highest BCUT2D eigenvalue weighted by atomic mass is 15.4. The van der Waals surface area contributed by atoms with Gasteiger partial charge in [-0.1, -0.05) is 18.2 Å². The van der Waals surface area contributed by atoms with Gasteiger partial charge in [0.1, 0.15) is 5.69 Å². The number of fused-ring (bicyclic) bond motifs is 3. The van der Waals surface area contributed by atoms with Gasteiger partial charge in [-0.25, -0.2) is 0 Å². The molecule has 0 unspecified atom stereocenters.